The number of H-pyrrole nitrogens is 1. The van der Waals surface area contributed by atoms with Crippen LogP contribution in [-0.2, 0) is 15.0 Å². The van der Waals surface area contributed by atoms with E-state index in [2.05, 4.69) is 50.0 Å². The molecule has 3 fully saturated rings. The summed E-state index contributed by atoms with van der Waals surface area (Å²) in [6.45, 7) is 6.57. The smallest absolute Gasteiger partial charge is 0.305 e. The number of nitrogens with one attached hydrogen (secondary N) is 1. The zero-order chi connectivity index (χ0) is 25.8. The van der Waals surface area contributed by atoms with E-state index in [0.717, 1.165) is 21.9 Å². The van der Waals surface area contributed by atoms with Gasteiger partial charge >= 0.3 is 4.87 Å². The Morgan fingerprint density at radius 3 is 2.22 bits per heavy atom. The monoisotopic (exact) mass is 534 g/mol. The number of benzene rings is 2. The second-order valence-corrected chi connectivity index (χ2v) is 14.0. The molecule has 2 saturated carbocycles. The number of thioether (sulfide) groups is 1. The number of aromatic amines is 1. The van der Waals surface area contributed by atoms with Crippen LogP contribution in [0.5, 0.6) is 0 Å². The van der Waals surface area contributed by atoms with Crippen LogP contribution in [0.25, 0.3) is 0 Å². The summed E-state index contributed by atoms with van der Waals surface area (Å²) >= 11 is 2.97. The molecule has 5 nitrogen and oxygen atoms in total. The van der Waals surface area contributed by atoms with Crippen LogP contribution in [0, 0.1) is 35.4 Å². The molecular weight excluding hydrogens is 507 g/mol. The van der Waals surface area contributed by atoms with Crippen LogP contribution in [0.15, 0.2) is 58.4 Å². The minimum absolute atomic E-state index is 0.0120. The Bertz CT molecular complexity index is 1490. The number of carbonyl (C=O) groups is 2. The molecule has 2 aliphatic carbocycles. The Labute approximate surface area is 222 Å². The third-order valence-corrected chi connectivity index (χ3v) is 11.5. The Hall–Kier alpha value is -2.71. The maximum atomic E-state index is 13.7. The second kappa shape index (κ2) is 7.90. The van der Waals surface area contributed by atoms with Gasteiger partial charge < -0.3 is 4.98 Å². The summed E-state index contributed by atoms with van der Waals surface area (Å²) in [5.74, 6) is -1.13. The van der Waals surface area contributed by atoms with E-state index >= 15 is 0 Å². The van der Waals surface area contributed by atoms with E-state index < -0.39 is 5.82 Å². The molecule has 2 amide bonds. The van der Waals surface area contributed by atoms with E-state index in [4.69, 9.17) is 0 Å². The molecule has 0 spiro atoms. The van der Waals surface area contributed by atoms with Crippen LogP contribution in [0.4, 0.5) is 10.1 Å². The molecule has 2 bridgehead atoms. The first kappa shape index (κ1) is 23.4. The third-order valence-electron chi connectivity index (χ3n) is 8.94. The van der Waals surface area contributed by atoms with Crippen LogP contribution in [0.3, 0.4) is 0 Å². The SMILES string of the molecule is CC(C)(C)c1ccc(C2c3sc(=O)[nH]c3SC3C4CC(C5C(=O)N(c6ccc(F)cc6)C(=O)C45)C23)cc1. The van der Waals surface area contributed by atoms with E-state index in [9.17, 15) is 18.8 Å². The highest BCUT2D eigenvalue weighted by molar-refractivity contribution is 8.00. The first-order chi connectivity index (χ1) is 17.6. The normalized spacial score (nSPS) is 32.0. The van der Waals surface area contributed by atoms with E-state index in [0.29, 0.717) is 5.69 Å². The van der Waals surface area contributed by atoms with Gasteiger partial charge in [0.25, 0.3) is 0 Å². The number of rotatable bonds is 2. The Morgan fingerprint density at radius 2 is 1.57 bits per heavy atom. The standard InChI is InChI=1S/C29H27FN2O3S2/c1-29(2,3)14-6-4-13(5-7-14)19-20-17-12-18(23(20)36-25-24(19)37-28(35)31-25)22-21(17)26(33)32(27(22)34)16-10-8-15(30)9-11-16/h4-11,17-23H,12H2,1-3H3,(H,31,35). The fraction of sp³-hybridized carbons (Fsp3) is 0.414. The zero-order valence-corrected chi connectivity index (χ0v) is 22.4. The number of nitrogens with zero attached hydrogens (tertiary/aromatic N) is 1. The van der Waals surface area contributed by atoms with Gasteiger partial charge in [0.05, 0.1) is 22.5 Å². The molecule has 7 rings (SSSR count). The van der Waals surface area contributed by atoms with Gasteiger partial charge in [-0.15, -0.1) is 11.8 Å². The number of hydrogen-bond donors (Lipinski definition) is 1. The van der Waals surface area contributed by atoms with Crippen molar-refractivity contribution in [3.05, 3.63) is 80.0 Å². The Balaban J connectivity index is 1.30. The van der Waals surface area contributed by atoms with Gasteiger partial charge in [-0.05, 0) is 65.0 Å². The number of halogens is 1. The van der Waals surface area contributed by atoms with Crippen LogP contribution < -0.4 is 9.77 Å². The van der Waals surface area contributed by atoms with Crippen molar-refractivity contribution in [1.29, 1.82) is 0 Å². The molecule has 1 aromatic heterocycles. The van der Waals surface area contributed by atoms with E-state index in [-0.39, 0.29) is 62.9 Å². The molecule has 37 heavy (non-hydrogen) atoms. The number of aromatic nitrogens is 1. The van der Waals surface area contributed by atoms with Crippen LogP contribution in [-0.4, -0.2) is 22.0 Å². The van der Waals surface area contributed by atoms with Gasteiger partial charge in [0.2, 0.25) is 11.8 Å². The van der Waals surface area contributed by atoms with Gasteiger partial charge in [-0.3, -0.25) is 19.3 Å². The van der Waals surface area contributed by atoms with Gasteiger partial charge in [-0.25, -0.2) is 4.39 Å². The quantitative estimate of drug-likeness (QED) is 0.438. The number of fused-ring (bicyclic) bond motifs is 9. The summed E-state index contributed by atoms with van der Waals surface area (Å²) < 4.78 is 13.5. The summed E-state index contributed by atoms with van der Waals surface area (Å²) in [4.78, 5) is 45.2. The van der Waals surface area contributed by atoms with Crippen LogP contribution in [0.1, 0.15) is 49.1 Å². The van der Waals surface area contributed by atoms with Gasteiger partial charge in [0, 0.05) is 16.0 Å². The number of anilines is 1. The summed E-state index contributed by atoms with van der Waals surface area (Å²) in [5, 5.41) is 1.07. The Morgan fingerprint density at radius 1 is 0.919 bits per heavy atom. The molecule has 1 saturated heterocycles. The lowest BCUT2D eigenvalue weighted by atomic mass is 9.68. The van der Waals surface area contributed by atoms with Crippen molar-refractivity contribution in [1.82, 2.24) is 4.98 Å². The largest absolute Gasteiger partial charge is 0.307 e. The summed E-state index contributed by atoms with van der Waals surface area (Å²) in [6, 6.07) is 14.3. The molecule has 190 valence electrons. The van der Waals surface area contributed by atoms with Crippen molar-refractivity contribution in [2.24, 2.45) is 29.6 Å². The molecular formula is C29H27FN2O3S2. The molecule has 4 aliphatic rings. The second-order valence-electron chi connectivity index (χ2n) is 11.8. The minimum Gasteiger partial charge on any atom is -0.307 e. The van der Waals surface area contributed by atoms with Crippen LogP contribution >= 0.6 is 23.1 Å². The van der Waals surface area contributed by atoms with Gasteiger partial charge in [0.1, 0.15) is 5.82 Å². The van der Waals surface area contributed by atoms with Crippen molar-refractivity contribution >= 4 is 40.6 Å². The van der Waals surface area contributed by atoms with E-state index in [1.807, 2.05) is 0 Å². The zero-order valence-electron chi connectivity index (χ0n) is 20.7. The highest BCUT2D eigenvalue weighted by Gasteiger charge is 2.69. The average Bonchev–Trinajstić information content (AvgIpc) is 3.58. The average molecular weight is 535 g/mol. The molecule has 0 radical (unpaired) electrons. The van der Waals surface area contributed by atoms with Gasteiger partial charge in [0.15, 0.2) is 0 Å². The number of amides is 2. The van der Waals surface area contributed by atoms with Crippen molar-refractivity contribution in [2.75, 3.05) is 4.90 Å². The highest BCUT2D eigenvalue weighted by atomic mass is 32.2. The molecule has 7 atom stereocenters. The van der Waals surface area contributed by atoms with Crippen molar-refractivity contribution in [2.45, 2.75) is 48.8 Å². The first-order valence-corrected chi connectivity index (χ1v) is 14.5. The summed E-state index contributed by atoms with van der Waals surface area (Å²) in [7, 11) is 0. The van der Waals surface area contributed by atoms with E-state index in [1.54, 1.807) is 11.8 Å². The van der Waals surface area contributed by atoms with Gasteiger partial charge in [-0.2, -0.15) is 0 Å². The molecule has 7 unspecified atom stereocenters. The molecule has 2 aliphatic heterocycles. The maximum Gasteiger partial charge on any atom is 0.305 e. The lowest BCUT2D eigenvalue weighted by Crippen LogP contribution is -2.42. The Kier molecular flexibility index (Phi) is 5.00. The molecule has 3 heterocycles. The molecule has 1 N–H and O–H groups in total. The lowest BCUT2D eigenvalue weighted by Gasteiger charge is -2.43. The van der Waals surface area contributed by atoms with Crippen molar-refractivity contribution in [3.63, 3.8) is 0 Å². The predicted octanol–water partition coefficient (Wildman–Crippen LogP) is 5.55. The van der Waals surface area contributed by atoms with E-state index in [1.165, 1.54) is 46.1 Å². The van der Waals surface area contributed by atoms with Crippen LogP contribution in [0.2, 0.25) is 0 Å². The topological polar surface area (TPSA) is 70.2 Å². The van der Waals surface area contributed by atoms with Gasteiger partial charge in [-0.1, -0.05) is 56.4 Å². The number of thiazole rings is 1. The highest BCUT2D eigenvalue weighted by Crippen LogP contribution is 2.68. The van der Waals surface area contributed by atoms with Crippen molar-refractivity contribution in [3.8, 4) is 0 Å². The van der Waals surface area contributed by atoms with Crippen molar-refractivity contribution < 1.29 is 14.0 Å². The molecule has 2 aromatic carbocycles. The fourth-order valence-corrected chi connectivity index (χ4v) is 10.3. The number of carbonyl (C=O) groups excluding carboxylic acids is 2. The maximum absolute atomic E-state index is 13.7. The lowest BCUT2D eigenvalue weighted by molar-refractivity contribution is -0.123. The third kappa shape index (κ3) is 3.31. The number of hydrogen-bond acceptors (Lipinski definition) is 5. The summed E-state index contributed by atoms with van der Waals surface area (Å²) in [6.07, 6.45) is 0.849. The predicted molar refractivity (Wildman–Crippen MR) is 143 cm³/mol. The first-order valence-electron chi connectivity index (χ1n) is 12.8. The summed E-state index contributed by atoms with van der Waals surface area (Å²) in [5.41, 5.74) is 2.89. The number of imide groups is 1. The fourth-order valence-electron chi connectivity index (χ4n) is 7.43. The minimum atomic E-state index is -0.397. The molecule has 3 aromatic rings. The molecule has 8 heteroatoms.